The number of carbonyl (C=O) groups is 1. The third kappa shape index (κ3) is 7.19. The quantitative estimate of drug-likeness (QED) is 0.325. The second-order valence-corrected chi connectivity index (χ2v) is 7.59. The molecule has 1 aromatic heterocycles. The SMILES string of the molecule is COCCOC[C@@H](Sc1[nH]c(=O)ncc1C)C(=O)N[C@H](C)c1ccc(OC)cc1. The molecule has 29 heavy (non-hydrogen) atoms. The van der Waals surface area contributed by atoms with Crippen molar-refractivity contribution in [2.24, 2.45) is 0 Å². The van der Waals surface area contributed by atoms with Crippen LogP contribution >= 0.6 is 11.8 Å². The van der Waals surface area contributed by atoms with E-state index >= 15 is 0 Å². The second kappa shape index (κ2) is 11.6. The van der Waals surface area contributed by atoms with Crippen molar-refractivity contribution < 1.29 is 19.0 Å². The molecule has 0 aliphatic rings. The van der Waals surface area contributed by atoms with E-state index in [-0.39, 0.29) is 18.6 Å². The molecule has 0 radical (unpaired) electrons. The summed E-state index contributed by atoms with van der Waals surface area (Å²) in [5.41, 5.74) is 1.29. The van der Waals surface area contributed by atoms with E-state index in [0.717, 1.165) is 16.9 Å². The molecule has 1 amide bonds. The number of amides is 1. The van der Waals surface area contributed by atoms with Crippen LogP contribution in [0.3, 0.4) is 0 Å². The van der Waals surface area contributed by atoms with Gasteiger partial charge in [-0.3, -0.25) is 4.79 Å². The monoisotopic (exact) mass is 421 g/mol. The Balaban J connectivity index is 2.09. The van der Waals surface area contributed by atoms with E-state index < -0.39 is 10.9 Å². The van der Waals surface area contributed by atoms with Gasteiger partial charge >= 0.3 is 5.69 Å². The molecule has 1 aromatic carbocycles. The average molecular weight is 422 g/mol. The molecule has 158 valence electrons. The lowest BCUT2D eigenvalue weighted by molar-refractivity contribution is -0.122. The van der Waals surface area contributed by atoms with Gasteiger partial charge in [0.25, 0.3) is 0 Å². The summed E-state index contributed by atoms with van der Waals surface area (Å²) >= 11 is 1.25. The summed E-state index contributed by atoms with van der Waals surface area (Å²) in [6, 6.07) is 7.32. The Bertz CT molecular complexity index is 841. The number of hydrogen-bond donors (Lipinski definition) is 2. The average Bonchev–Trinajstić information content (AvgIpc) is 2.72. The first-order valence-electron chi connectivity index (χ1n) is 9.18. The van der Waals surface area contributed by atoms with E-state index in [4.69, 9.17) is 14.2 Å². The number of methoxy groups -OCH3 is 2. The largest absolute Gasteiger partial charge is 0.497 e. The molecule has 0 saturated carbocycles. The van der Waals surface area contributed by atoms with Crippen LogP contribution in [0.5, 0.6) is 5.75 Å². The summed E-state index contributed by atoms with van der Waals surface area (Å²) < 4.78 is 15.7. The maximum absolute atomic E-state index is 12.9. The maximum Gasteiger partial charge on any atom is 0.345 e. The Labute approximate surface area is 174 Å². The van der Waals surface area contributed by atoms with Crippen LogP contribution in [0.25, 0.3) is 0 Å². The van der Waals surface area contributed by atoms with Crippen molar-refractivity contribution in [3.8, 4) is 5.75 Å². The highest BCUT2D eigenvalue weighted by atomic mass is 32.2. The zero-order valence-corrected chi connectivity index (χ0v) is 17.9. The number of nitrogens with one attached hydrogen (secondary N) is 2. The first kappa shape index (κ1) is 22.9. The molecule has 0 spiro atoms. The van der Waals surface area contributed by atoms with Crippen LogP contribution in [0.2, 0.25) is 0 Å². The smallest absolute Gasteiger partial charge is 0.345 e. The van der Waals surface area contributed by atoms with Gasteiger partial charge in [0.05, 0.1) is 38.0 Å². The number of nitrogens with zero attached hydrogens (tertiary/aromatic N) is 1. The fraction of sp³-hybridized carbons (Fsp3) is 0.450. The summed E-state index contributed by atoms with van der Waals surface area (Å²) in [6.07, 6.45) is 1.49. The van der Waals surface area contributed by atoms with Crippen LogP contribution in [0.1, 0.15) is 24.1 Å². The van der Waals surface area contributed by atoms with Gasteiger partial charge in [0.2, 0.25) is 5.91 Å². The molecule has 2 N–H and O–H groups in total. The highest BCUT2D eigenvalue weighted by Gasteiger charge is 2.23. The fourth-order valence-electron chi connectivity index (χ4n) is 2.48. The van der Waals surface area contributed by atoms with Gasteiger partial charge in [0, 0.05) is 13.3 Å². The third-order valence-electron chi connectivity index (χ3n) is 4.18. The van der Waals surface area contributed by atoms with Crippen LogP contribution in [0, 0.1) is 6.92 Å². The molecule has 0 aliphatic heterocycles. The van der Waals surface area contributed by atoms with E-state index in [9.17, 15) is 9.59 Å². The minimum absolute atomic E-state index is 0.180. The zero-order chi connectivity index (χ0) is 21.2. The van der Waals surface area contributed by atoms with Crippen molar-refractivity contribution in [3.05, 3.63) is 52.1 Å². The minimum Gasteiger partial charge on any atom is -0.497 e. The minimum atomic E-state index is -0.552. The van der Waals surface area contributed by atoms with Gasteiger partial charge < -0.3 is 24.5 Å². The number of aromatic amines is 1. The molecule has 0 saturated heterocycles. The Hall–Kier alpha value is -2.36. The van der Waals surface area contributed by atoms with Crippen molar-refractivity contribution >= 4 is 17.7 Å². The Morgan fingerprint density at radius 1 is 1.24 bits per heavy atom. The van der Waals surface area contributed by atoms with Crippen molar-refractivity contribution in [3.63, 3.8) is 0 Å². The van der Waals surface area contributed by atoms with Gasteiger partial charge in [-0.1, -0.05) is 23.9 Å². The molecule has 9 heteroatoms. The highest BCUT2D eigenvalue weighted by Crippen LogP contribution is 2.25. The molecule has 0 fully saturated rings. The van der Waals surface area contributed by atoms with E-state index in [1.165, 1.54) is 18.0 Å². The number of rotatable bonds is 11. The topological polar surface area (TPSA) is 103 Å². The molecular formula is C20H27N3O5S. The van der Waals surface area contributed by atoms with Gasteiger partial charge in [0.1, 0.15) is 11.0 Å². The normalized spacial score (nSPS) is 13.0. The molecule has 0 aliphatic carbocycles. The van der Waals surface area contributed by atoms with Gasteiger partial charge in [0.15, 0.2) is 0 Å². The van der Waals surface area contributed by atoms with Crippen LogP contribution < -0.4 is 15.7 Å². The molecule has 1 heterocycles. The van der Waals surface area contributed by atoms with Gasteiger partial charge in [-0.05, 0) is 37.1 Å². The van der Waals surface area contributed by atoms with Crippen LogP contribution in [0.4, 0.5) is 0 Å². The Kier molecular flexibility index (Phi) is 9.17. The number of carbonyl (C=O) groups excluding carboxylic acids is 1. The number of aromatic nitrogens is 2. The summed E-state index contributed by atoms with van der Waals surface area (Å²) in [5.74, 6) is 0.567. The van der Waals surface area contributed by atoms with Gasteiger partial charge in [-0.25, -0.2) is 9.78 Å². The number of benzene rings is 1. The number of aryl methyl sites for hydroxylation is 1. The molecule has 0 bridgehead atoms. The van der Waals surface area contributed by atoms with Crippen LogP contribution in [-0.2, 0) is 14.3 Å². The first-order valence-corrected chi connectivity index (χ1v) is 10.1. The van der Waals surface area contributed by atoms with Crippen molar-refractivity contribution in [2.45, 2.75) is 30.2 Å². The number of ether oxygens (including phenoxy) is 3. The lowest BCUT2D eigenvalue weighted by atomic mass is 10.1. The lowest BCUT2D eigenvalue weighted by Gasteiger charge is -2.21. The Morgan fingerprint density at radius 2 is 1.97 bits per heavy atom. The molecule has 2 aromatic rings. The van der Waals surface area contributed by atoms with Crippen LogP contribution in [0.15, 0.2) is 40.3 Å². The van der Waals surface area contributed by atoms with Crippen molar-refractivity contribution in [1.82, 2.24) is 15.3 Å². The highest BCUT2D eigenvalue weighted by molar-refractivity contribution is 8.00. The van der Waals surface area contributed by atoms with Crippen LogP contribution in [-0.4, -0.2) is 55.2 Å². The lowest BCUT2D eigenvalue weighted by Crippen LogP contribution is -2.37. The molecular weight excluding hydrogens is 394 g/mol. The summed E-state index contributed by atoms with van der Waals surface area (Å²) in [6.45, 7) is 4.73. The summed E-state index contributed by atoms with van der Waals surface area (Å²) in [4.78, 5) is 30.9. The predicted molar refractivity (Wildman–Crippen MR) is 111 cm³/mol. The van der Waals surface area contributed by atoms with Crippen molar-refractivity contribution in [1.29, 1.82) is 0 Å². The van der Waals surface area contributed by atoms with E-state index in [1.807, 2.05) is 38.1 Å². The summed E-state index contributed by atoms with van der Waals surface area (Å²) in [7, 11) is 3.20. The molecule has 0 unspecified atom stereocenters. The number of H-pyrrole nitrogens is 1. The van der Waals surface area contributed by atoms with E-state index in [2.05, 4.69) is 15.3 Å². The maximum atomic E-state index is 12.9. The fourth-order valence-corrected chi connectivity index (χ4v) is 3.49. The molecule has 2 rings (SSSR count). The van der Waals surface area contributed by atoms with Gasteiger partial charge in [-0.2, -0.15) is 0 Å². The van der Waals surface area contributed by atoms with Gasteiger partial charge in [-0.15, -0.1) is 0 Å². The number of hydrogen-bond acceptors (Lipinski definition) is 7. The Morgan fingerprint density at radius 3 is 2.62 bits per heavy atom. The standard InChI is InChI=1S/C20H27N3O5S/c1-13-11-21-20(25)23-19(13)29-17(12-28-10-9-26-3)18(24)22-14(2)15-5-7-16(27-4)8-6-15/h5-8,11,14,17H,9-10,12H2,1-4H3,(H,22,24)(H,21,23,25)/t14-,17-/m1/s1. The van der Waals surface area contributed by atoms with E-state index in [1.54, 1.807) is 14.2 Å². The summed E-state index contributed by atoms with van der Waals surface area (Å²) in [5, 5.41) is 3.05. The number of thioether (sulfide) groups is 1. The second-order valence-electron chi connectivity index (χ2n) is 6.38. The van der Waals surface area contributed by atoms with E-state index in [0.29, 0.717) is 18.2 Å². The van der Waals surface area contributed by atoms with Crippen molar-refractivity contribution in [2.75, 3.05) is 34.0 Å². The molecule has 8 nitrogen and oxygen atoms in total. The third-order valence-corrected chi connectivity index (χ3v) is 5.48. The first-order chi connectivity index (χ1) is 13.9. The molecule has 2 atom stereocenters. The predicted octanol–water partition coefficient (Wildman–Crippen LogP) is 2.09. The zero-order valence-electron chi connectivity index (χ0n) is 17.1.